The summed E-state index contributed by atoms with van der Waals surface area (Å²) < 4.78 is 53.6. The Kier molecular flexibility index (Phi) is 5.68. The third kappa shape index (κ3) is 4.83. The Hall–Kier alpha value is -2.85. The minimum atomic E-state index is -4.02. The molecule has 26 heavy (non-hydrogen) atoms. The molecule has 0 aliphatic rings. The van der Waals surface area contributed by atoms with Gasteiger partial charge in [0.15, 0.2) is 18.2 Å². The number of carbonyl (C=O) groups excluding carboxylic acids is 2. The van der Waals surface area contributed by atoms with Gasteiger partial charge < -0.3 is 10.1 Å². The van der Waals surface area contributed by atoms with Gasteiger partial charge in [-0.05, 0) is 36.8 Å². The molecule has 0 aliphatic carbocycles. The van der Waals surface area contributed by atoms with E-state index in [9.17, 15) is 26.8 Å². The van der Waals surface area contributed by atoms with Crippen molar-refractivity contribution in [3.63, 3.8) is 0 Å². The summed E-state index contributed by atoms with van der Waals surface area (Å²) in [5.41, 5.74) is 0.220. The van der Waals surface area contributed by atoms with Crippen molar-refractivity contribution < 1.29 is 31.5 Å². The van der Waals surface area contributed by atoms with Crippen LogP contribution in [0.3, 0.4) is 0 Å². The van der Waals surface area contributed by atoms with Gasteiger partial charge in [-0.25, -0.2) is 27.1 Å². The molecule has 2 aromatic rings. The van der Waals surface area contributed by atoms with Gasteiger partial charge in [-0.3, -0.25) is 4.79 Å². The second kappa shape index (κ2) is 7.58. The lowest BCUT2D eigenvalue weighted by Crippen LogP contribution is -2.21. The van der Waals surface area contributed by atoms with Crippen LogP contribution in [0.15, 0.2) is 41.3 Å². The fraction of sp³-hybridized carbons (Fsp3) is 0.125. The quantitative estimate of drug-likeness (QED) is 0.762. The fourth-order valence-corrected chi connectivity index (χ4v) is 2.83. The number of amides is 1. The number of esters is 1. The van der Waals surface area contributed by atoms with Gasteiger partial charge in [0.25, 0.3) is 5.91 Å². The van der Waals surface area contributed by atoms with E-state index in [0.717, 1.165) is 24.3 Å². The van der Waals surface area contributed by atoms with Gasteiger partial charge in [-0.15, -0.1) is 0 Å². The zero-order valence-electron chi connectivity index (χ0n) is 13.5. The summed E-state index contributed by atoms with van der Waals surface area (Å²) in [6.45, 7) is 0.792. The van der Waals surface area contributed by atoms with Gasteiger partial charge in [0.2, 0.25) is 10.0 Å². The third-order valence-corrected chi connectivity index (χ3v) is 4.32. The molecule has 7 nitrogen and oxygen atoms in total. The molecule has 0 heterocycles. The number of halogens is 2. The summed E-state index contributed by atoms with van der Waals surface area (Å²) in [4.78, 5) is 23.4. The predicted octanol–water partition coefficient (Wildman–Crippen LogP) is 1.72. The van der Waals surface area contributed by atoms with E-state index in [-0.39, 0.29) is 16.1 Å². The number of hydrogen-bond acceptors (Lipinski definition) is 5. The number of nitrogens with two attached hydrogens (primary N) is 1. The average Bonchev–Trinajstić information content (AvgIpc) is 2.55. The van der Waals surface area contributed by atoms with Crippen LogP contribution in [0.25, 0.3) is 0 Å². The molecule has 2 rings (SSSR count). The molecule has 0 bridgehead atoms. The largest absolute Gasteiger partial charge is 0.452 e. The Balaban J connectivity index is 2.02. The molecule has 10 heteroatoms. The zero-order valence-corrected chi connectivity index (χ0v) is 14.3. The molecule has 1 amide bonds. The molecule has 0 saturated heterocycles. The molecule has 0 fully saturated rings. The van der Waals surface area contributed by atoms with Crippen LogP contribution < -0.4 is 10.5 Å². The molecule has 0 aromatic heterocycles. The Morgan fingerprint density at radius 1 is 1.12 bits per heavy atom. The van der Waals surface area contributed by atoms with E-state index in [1.807, 2.05) is 0 Å². The molecule has 0 radical (unpaired) electrons. The van der Waals surface area contributed by atoms with Gasteiger partial charge >= 0.3 is 5.97 Å². The summed E-state index contributed by atoms with van der Waals surface area (Å²) >= 11 is 0. The maximum atomic E-state index is 13.1. The van der Waals surface area contributed by atoms with Gasteiger partial charge in [-0.2, -0.15) is 0 Å². The maximum Gasteiger partial charge on any atom is 0.338 e. The Bertz CT molecular complexity index is 977. The number of anilines is 1. The first kappa shape index (κ1) is 19.5. The van der Waals surface area contributed by atoms with Crippen LogP contribution in [0.2, 0.25) is 0 Å². The number of nitrogens with one attached hydrogen (secondary N) is 1. The highest BCUT2D eigenvalue weighted by molar-refractivity contribution is 7.89. The zero-order chi connectivity index (χ0) is 19.5. The number of rotatable bonds is 5. The third-order valence-electron chi connectivity index (χ3n) is 3.27. The monoisotopic (exact) mass is 384 g/mol. The minimum Gasteiger partial charge on any atom is -0.452 e. The standard InChI is InChI=1S/C16H14F2N2O5S/c1-9-2-3-10(6-14(9)26(19,23)24)16(22)25-8-15(21)20-11-4-5-12(17)13(18)7-11/h2-7H,8H2,1H3,(H,20,21)(H2,19,23,24). The lowest BCUT2D eigenvalue weighted by Gasteiger charge is -2.09. The van der Waals surface area contributed by atoms with Gasteiger partial charge in [0.1, 0.15) is 0 Å². The Morgan fingerprint density at radius 2 is 1.81 bits per heavy atom. The van der Waals surface area contributed by atoms with Crippen molar-refractivity contribution in [2.24, 2.45) is 5.14 Å². The lowest BCUT2D eigenvalue weighted by atomic mass is 10.1. The highest BCUT2D eigenvalue weighted by atomic mass is 32.2. The van der Waals surface area contributed by atoms with Crippen LogP contribution >= 0.6 is 0 Å². The number of benzene rings is 2. The number of primary sulfonamides is 1. The summed E-state index contributed by atoms with van der Waals surface area (Å²) in [6, 6.07) is 6.47. The first-order valence-corrected chi connectivity index (χ1v) is 8.68. The van der Waals surface area contributed by atoms with E-state index in [4.69, 9.17) is 9.88 Å². The Morgan fingerprint density at radius 3 is 2.42 bits per heavy atom. The average molecular weight is 384 g/mol. The van der Waals surface area contributed by atoms with Crippen LogP contribution in [0.4, 0.5) is 14.5 Å². The van der Waals surface area contributed by atoms with Gasteiger partial charge in [0.05, 0.1) is 10.5 Å². The number of sulfonamides is 1. The maximum absolute atomic E-state index is 13.1. The molecule has 0 atom stereocenters. The molecule has 3 N–H and O–H groups in total. The van der Waals surface area contributed by atoms with Crippen molar-refractivity contribution in [1.82, 2.24) is 0 Å². The van der Waals surface area contributed by atoms with Gasteiger partial charge in [0, 0.05) is 11.8 Å². The molecule has 0 aliphatic heterocycles. The van der Waals surface area contributed by atoms with E-state index in [1.54, 1.807) is 0 Å². The summed E-state index contributed by atoms with van der Waals surface area (Å²) in [5.74, 6) is -3.95. The number of aryl methyl sites for hydroxylation is 1. The fourth-order valence-electron chi connectivity index (χ4n) is 2.02. The van der Waals surface area contributed by atoms with Crippen LogP contribution in [0.5, 0.6) is 0 Å². The number of hydrogen-bond donors (Lipinski definition) is 2. The Labute approximate surface area is 147 Å². The van der Waals surface area contributed by atoms with Crippen molar-refractivity contribution in [2.75, 3.05) is 11.9 Å². The molecule has 0 saturated carbocycles. The van der Waals surface area contributed by atoms with Gasteiger partial charge in [-0.1, -0.05) is 6.07 Å². The normalized spacial score (nSPS) is 11.1. The smallest absolute Gasteiger partial charge is 0.338 e. The topological polar surface area (TPSA) is 116 Å². The van der Waals surface area contributed by atoms with E-state index in [1.165, 1.54) is 19.1 Å². The van der Waals surface area contributed by atoms with Crippen LogP contribution in [0, 0.1) is 18.6 Å². The molecule has 138 valence electrons. The first-order valence-electron chi connectivity index (χ1n) is 7.13. The van der Waals surface area contributed by atoms with Crippen molar-refractivity contribution in [3.8, 4) is 0 Å². The van der Waals surface area contributed by atoms with Crippen LogP contribution in [-0.4, -0.2) is 26.9 Å². The van der Waals surface area contributed by atoms with E-state index < -0.39 is 40.1 Å². The van der Waals surface area contributed by atoms with E-state index in [0.29, 0.717) is 5.56 Å². The van der Waals surface area contributed by atoms with Crippen molar-refractivity contribution in [2.45, 2.75) is 11.8 Å². The summed E-state index contributed by atoms with van der Waals surface area (Å²) in [5, 5.41) is 7.28. The number of carbonyl (C=O) groups is 2. The predicted molar refractivity (Wildman–Crippen MR) is 87.8 cm³/mol. The highest BCUT2D eigenvalue weighted by Crippen LogP contribution is 2.16. The minimum absolute atomic E-state index is 0.0169. The molecule has 0 unspecified atom stereocenters. The molecule has 0 spiro atoms. The molecular weight excluding hydrogens is 370 g/mol. The van der Waals surface area contributed by atoms with Crippen LogP contribution in [0.1, 0.15) is 15.9 Å². The van der Waals surface area contributed by atoms with E-state index >= 15 is 0 Å². The second-order valence-corrected chi connectivity index (χ2v) is 6.81. The first-order chi connectivity index (χ1) is 12.1. The number of ether oxygens (including phenoxy) is 1. The summed E-state index contributed by atoms with van der Waals surface area (Å²) in [6.07, 6.45) is 0. The SMILES string of the molecule is Cc1ccc(C(=O)OCC(=O)Nc2ccc(F)c(F)c2)cc1S(N)(=O)=O. The summed E-state index contributed by atoms with van der Waals surface area (Å²) in [7, 11) is -4.02. The van der Waals surface area contributed by atoms with Crippen LogP contribution in [-0.2, 0) is 19.6 Å². The second-order valence-electron chi connectivity index (χ2n) is 5.28. The highest BCUT2D eigenvalue weighted by Gasteiger charge is 2.17. The molecular formula is C16H14F2N2O5S. The van der Waals surface area contributed by atoms with Crippen molar-refractivity contribution >= 4 is 27.6 Å². The van der Waals surface area contributed by atoms with Crippen molar-refractivity contribution in [3.05, 3.63) is 59.2 Å². The lowest BCUT2D eigenvalue weighted by molar-refractivity contribution is -0.119. The van der Waals surface area contributed by atoms with Crippen molar-refractivity contribution in [1.29, 1.82) is 0 Å². The van der Waals surface area contributed by atoms with E-state index in [2.05, 4.69) is 5.32 Å². The molecule has 2 aromatic carbocycles.